The molecule has 0 spiro atoms. The number of amides is 1. The number of carbonyl (C=O) groups excluding carboxylic acids is 1. The minimum absolute atomic E-state index is 0.0874. The summed E-state index contributed by atoms with van der Waals surface area (Å²) in [5, 5.41) is 0. The highest BCUT2D eigenvalue weighted by Gasteiger charge is 2.25. The lowest BCUT2D eigenvalue weighted by atomic mass is 9.92. The fraction of sp³-hybridized carbons (Fsp3) is 0.526. The fourth-order valence-electron chi connectivity index (χ4n) is 3.50. The number of aromatic nitrogens is 3. The smallest absolute Gasteiger partial charge is 0.272 e. The van der Waals surface area contributed by atoms with E-state index in [0.717, 1.165) is 49.5 Å². The maximum atomic E-state index is 12.7. The Morgan fingerprint density at radius 3 is 2.75 bits per heavy atom. The molecule has 0 bridgehead atoms. The van der Waals surface area contributed by atoms with Crippen LogP contribution in [0.1, 0.15) is 47.3 Å². The molecule has 5 heteroatoms. The van der Waals surface area contributed by atoms with Crippen LogP contribution in [0.4, 0.5) is 0 Å². The Balaban J connectivity index is 1.46. The summed E-state index contributed by atoms with van der Waals surface area (Å²) in [6, 6.07) is 2.03. The second-order valence-corrected chi connectivity index (χ2v) is 6.86. The molecule has 0 unspecified atom stereocenters. The number of carbonyl (C=O) groups is 1. The summed E-state index contributed by atoms with van der Waals surface area (Å²) in [6.07, 6.45) is 12.1. The lowest BCUT2D eigenvalue weighted by Gasteiger charge is -2.32. The van der Waals surface area contributed by atoms with Crippen LogP contribution < -0.4 is 0 Å². The van der Waals surface area contributed by atoms with Crippen molar-refractivity contribution >= 4 is 5.91 Å². The molecule has 1 saturated heterocycles. The Labute approximate surface area is 143 Å². The van der Waals surface area contributed by atoms with Crippen LogP contribution in [-0.4, -0.2) is 38.4 Å². The number of pyridine rings is 1. The van der Waals surface area contributed by atoms with Gasteiger partial charge in [-0.2, -0.15) is 0 Å². The van der Waals surface area contributed by atoms with E-state index in [-0.39, 0.29) is 5.91 Å². The average Bonchev–Trinajstić information content (AvgIpc) is 3.08. The zero-order chi connectivity index (χ0) is 16.9. The van der Waals surface area contributed by atoms with E-state index in [0.29, 0.717) is 5.69 Å². The Bertz CT molecular complexity index is 673. The van der Waals surface area contributed by atoms with Crippen LogP contribution in [0.2, 0.25) is 0 Å². The summed E-state index contributed by atoms with van der Waals surface area (Å²) >= 11 is 0. The molecular weight excluding hydrogens is 300 g/mol. The Kier molecular flexibility index (Phi) is 5.28. The van der Waals surface area contributed by atoms with Crippen molar-refractivity contribution in [2.75, 3.05) is 13.1 Å². The van der Waals surface area contributed by atoms with Crippen LogP contribution in [0.15, 0.2) is 31.0 Å². The second kappa shape index (κ2) is 7.60. The van der Waals surface area contributed by atoms with E-state index in [4.69, 9.17) is 0 Å². The standard InChI is InChI=1S/C19H26N4O/c1-15-12-16(2)18(21-13-15)19(24)23-9-5-17(6-10-23)4-3-8-22-11-7-20-14-22/h7,11-14,17H,3-6,8-10H2,1-2H3. The highest BCUT2D eigenvalue weighted by atomic mass is 16.2. The monoisotopic (exact) mass is 326 g/mol. The molecule has 0 N–H and O–H groups in total. The zero-order valence-corrected chi connectivity index (χ0v) is 14.6. The molecule has 5 nitrogen and oxygen atoms in total. The Morgan fingerprint density at radius 1 is 1.29 bits per heavy atom. The molecule has 0 aromatic carbocycles. The number of nitrogens with zero attached hydrogens (tertiary/aromatic N) is 4. The molecule has 128 valence electrons. The van der Waals surface area contributed by atoms with E-state index in [2.05, 4.69) is 14.5 Å². The van der Waals surface area contributed by atoms with Gasteiger partial charge < -0.3 is 9.47 Å². The quantitative estimate of drug-likeness (QED) is 0.847. The van der Waals surface area contributed by atoms with Crippen LogP contribution in [0, 0.1) is 19.8 Å². The van der Waals surface area contributed by atoms with E-state index >= 15 is 0 Å². The van der Waals surface area contributed by atoms with E-state index in [1.165, 1.54) is 12.8 Å². The van der Waals surface area contributed by atoms with E-state index in [1.54, 1.807) is 6.20 Å². The molecule has 2 aromatic heterocycles. The first-order valence-electron chi connectivity index (χ1n) is 8.82. The molecule has 1 amide bonds. The first-order valence-corrected chi connectivity index (χ1v) is 8.82. The van der Waals surface area contributed by atoms with Gasteiger partial charge in [0.05, 0.1) is 6.33 Å². The zero-order valence-electron chi connectivity index (χ0n) is 14.6. The third-order valence-electron chi connectivity index (χ3n) is 4.91. The number of rotatable bonds is 5. The molecule has 1 fully saturated rings. The highest BCUT2D eigenvalue weighted by Crippen LogP contribution is 2.23. The number of piperidine rings is 1. The minimum atomic E-state index is 0.0874. The summed E-state index contributed by atoms with van der Waals surface area (Å²) in [4.78, 5) is 23.1. The normalized spacial score (nSPS) is 15.7. The third kappa shape index (κ3) is 4.02. The molecule has 1 aliphatic rings. The first-order chi connectivity index (χ1) is 11.6. The largest absolute Gasteiger partial charge is 0.337 e. The molecule has 1 aliphatic heterocycles. The van der Waals surface area contributed by atoms with Crippen molar-refractivity contribution < 1.29 is 4.79 Å². The van der Waals surface area contributed by atoms with Crippen molar-refractivity contribution in [3.05, 3.63) is 47.8 Å². The van der Waals surface area contributed by atoms with Gasteiger partial charge in [-0.1, -0.05) is 6.07 Å². The van der Waals surface area contributed by atoms with Gasteiger partial charge in [-0.25, -0.2) is 4.98 Å². The van der Waals surface area contributed by atoms with Gasteiger partial charge in [-0.15, -0.1) is 0 Å². The van der Waals surface area contributed by atoms with Gasteiger partial charge in [0.2, 0.25) is 0 Å². The van der Waals surface area contributed by atoms with Crippen molar-refractivity contribution in [3.8, 4) is 0 Å². The van der Waals surface area contributed by atoms with E-state index in [1.807, 2.05) is 43.5 Å². The molecule has 3 heterocycles. The fourth-order valence-corrected chi connectivity index (χ4v) is 3.50. The number of likely N-dealkylation sites (tertiary alicyclic amines) is 1. The maximum Gasteiger partial charge on any atom is 0.272 e. The van der Waals surface area contributed by atoms with Gasteiger partial charge in [-0.3, -0.25) is 9.78 Å². The minimum Gasteiger partial charge on any atom is -0.337 e. The topological polar surface area (TPSA) is 51.0 Å². The van der Waals surface area contributed by atoms with Crippen LogP contribution in [0.25, 0.3) is 0 Å². The molecule has 0 radical (unpaired) electrons. The number of imidazole rings is 1. The van der Waals surface area contributed by atoms with Gasteiger partial charge in [-0.05, 0) is 56.6 Å². The molecule has 0 aliphatic carbocycles. The average molecular weight is 326 g/mol. The predicted octanol–water partition coefficient (Wildman–Crippen LogP) is 3.23. The van der Waals surface area contributed by atoms with E-state index < -0.39 is 0 Å². The van der Waals surface area contributed by atoms with Crippen molar-refractivity contribution in [2.45, 2.75) is 46.1 Å². The van der Waals surface area contributed by atoms with Crippen molar-refractivity contribution in [1.82, 2.24) is 19.4 Å². The molecule has 3 rings (SSSR count). The van der Waals surface area contributed by atoms with Crippen LogP contribution in [-0.2, 0) is 6.54 Å². The van der Waals surface area contributed by atoms with Crippen molar-refractivity contribution in [3.63, 3.8) is 0 Å². The van der Waals surface area contributed by atoms with Gasteiger partial charge in [0.25, 0.3) is 5.91 Å². The molecule has 0 saturated carbocycles. The molecule has 24 heavy (non-hydrogen) atoms. The summed E-state index contributed by atoms with van der Waals surface area (Å²) in [5.74, 6) is 0.814. The SMILES string of the molecule is Cc1cnc(C(=O)N2CCC(CCCn3ccnc3)CC2)c(C)c1. The summed E-state index contributed by atoms with van der Waals surface area (Å²) in [5.41, 5.74) is 2.68. The van der Waals surface area contributed by atoms with E-state index in [9.17, 15) is 4.79 Å². The van der Waals surface area contributed by atoms with Crippen LogP contribution in [0.5, 0.6) is 0 Å². The summed E-state index contributed by atoms with van der Waals surface area (Å²) < 4.78 is 2.13. The lowest BCUT2D eigenvalue weighted by molar-refractivity contribution is 0.0678. The van der Waals surface area contributed by atoms with Crippen LogP contribution in [0.3, 0.4) is 0 Å². The molecular formula is C19H26N4O. The van der Waals surface area contributed by atoms with Gasteiger partial charge in [0.1, 0.15) is 5.69 Å². The predicted molar refractivity (Wildman–Crippen MR) is 93.8 cm³/mol. The van der Waals surface area contributed by atoms with Gasteiger partial charge in [0, 0.05) is 38.2 Å². The summed E-state index contributed by atoms with van der Waals surface area (Å²) in [7, 11) is 0. The Hall–Kier alpha value is -2.17. The highest BCUT2D eigenvalue weighted by molar-refractivity contribution is 5.93. The number of aryl methyl sites for hydroxylation is 3. The maximum absolute atomic E-state index is 12.7. The summed E-state index contributed by atoms with van der Waals surface area (Å²) in [6.45, 7) is 6.71. The van der Waals surface area contributed by atoms with Crippen molar-refractivity contribution in [1.29, 1.82) is 0 Å². The Morgan fingerprint density at radius 2 is 2.08 bits per heavy atom. The second-order valence-electron chi connectivity index (χ2n) is 6.86. The van der Waals surface area contributed by atoms with Gasteiger partial charge in [0.15, 0.2) is 0 Å². The van der Waals surface area contributed by atoms with Gasteiger partial charge >= 0.3 is 0 Å². The first kappa shape index (κ1) is 16.7. The third-order valence-corrected chi connectivity index (χ3v) is 4.91. The number of hydrogen-bond donors (Lipinski definition) is 0. The van der Waals surface area contributed by atoms with Crippen molar-refractivity contribution in [2.24, 2.45) is 5.92 Å². The molecule has 0 atom stereocenters. The van der Waals surface area contributed by atoms with Crippen LogP contribution >= 0.6 is 0 Å². The molecule has 2 aromatic rings. The lowest BCUT2D eigenvalue weighted by Crippen LogP contribution is -2.39. The number of hydrogen-bond acceptors (Lipinski definition) is 3.